The Bertz CT molecular complexity index is 428. The molecule has 3 heteroatoms. The van der Waals surface area contributed by atoms with Crippen molar-refractivity contribution in [2.24, 2.45) is 0 Å². The summed E-state index contributed by atoms with van der Waals surface area (Å²) in [5.74, 6) is 0. The summed E-state index contributed by atoms with van der Waals surface area (Å²) in [7, 11) is 0. The summed E-state index contributed by atoms with van der Waals surface area (Å²) in [5.41, 5.74) is 0.695. The SMILES string of the molecule is [O-][n+]1cccc2cc(Br)ccc21. The summed E-state index contributed by atoms with van der Waals surface area (Å²) >= 11 is 3.35. The molecule has 1 heterocycles. The van der Waals surface area contributed by atoms with E-state index in [9.17, 15) is 5.21 Å². The van der Waals surface area contributed by atoms with Crippen LogP contribution in [0, 0.1) is 5.21 Å². The van der Waals surface area contributed by atoms with Gasteiger partial charge in [0.15, 0.2) is 6.20 Å². The molecule has 0 radical (unpaired) electrons. The second kappa shape index (κ2) is 2.75. The van der Waals surface area contributed by atoms with Crippen LogP contribution in [0.15, 0.2) is 41.0 Å². The Hall–Kier alpha value is -1.09. The first-order chi connectivity index (χ1) is 5.77. The molecule has 0 spiro atoms. The van der Waals surface area contributed by atoms with E-state index in [4.69, 9.17) is 0 Å². The Balaban J connectivity index is 2.86. The summed E-state index contributed by atoms with van der Waals surface area (Å²) in [6, 6.07) is 9.23. The van der Waals surface area contributed by atoms with Gasteiger partial charge in [0, 0.05) is 22.0 Å². The first kappa shape index (κ1) is 7.55. The normalized spacial score (nSPS) is 10.4. The van der Waals surface area contributed by atoms with Gasteiger partial charge in [0.25, 0.3) is 0 Å². The highest BCUT2D eigenvalue weighted by molar-refractivity contribution is 9.10. The van der Waals surface area contributed by atoms with Crippen LogP contribution in [0.4, 0.5) is 0 Å². The van der Waals surface area contributed by atoms with E-state index in [0.29, 0.717) is 5.52 Å². The van der Waals surface area contributed by atoms with Gasteiger partial charge in [-0.1, -0.05) is 15.9 Å². The van der Waals surface area contributed by atoms with Gasteiger partial charge in [-0.25, -0.2) is 0 Å². The van der Waals surface area contributed by atoms with E-state index in [0.717, 1.165) is 14.6 Å². The van der Waals surface area contributed by atoms with Crippen molar-refractivity contribution in [3.05, 3.63) is 46.2 Å². The maximum atomic E-state index is 11.2. The molecule has 0 bridgehead atoms. The summed E-state index contributed by atoms with van der Waals surface area (Å²) in [6.45, 7) is 0. The molecule has 12 heavy (non-hydrogen) atoms. The lowest BCUT2D eigenvalue weighted by atomic mass is 10.2. The van der Waals surface area contributed by atoms with Crippen LogP contribution in [0.3, 0.4) is 0 Å². The molecule has 0 aliphatic heterocycles. The van der Waals surface area contributed by atoms with Gasteiger partial charge in [0.05, 0.1) is 0 Å². The Kier molecular flexibility index (Phi) is 1.73. The van der Waals surface area contributed by atoms with Crippen LogP contribution >= 0.6 is 15.9 Å². The third-order valence-corrected chi connectivity index (χ3v) is 2.22. The second-order valence-electron chi connectivity index (χ2n) is 2.54. The van der Waals surface area contributed by atoms with Crippen LogP contribution in [0.5, 0.6) is 0 Å². The molecule has 0 N–H and O–H groups in total. The van der Waals surface area contributed by atoms with Gasteiger partial charge < -0.3 is 5.21 Å². The van der Waals surface area contributed by atoms with Crippen LogP contribution in [0.2, 0.25) is 0 Å². The van der Waals surface area contributed by atoms with E-state index in [2.05, 4.69) is 15.9 Å². The van der Waals surface area contributed by atoms with Crippen LogP contribution in [-0.4, -0.2) is 0 Å². The minimum atomic E-state index is 0.695. The molecule has 0 aliphatic rings. The first-order valence-corrected chi connectivity index (χ1v) is 4.34. The van der Waals surface area contributed by atoms with E-state index >= 15 is 0 Å². The van der Waals surface area contributed by atoms with Crippen LogP contribution in [0.1, 0.15) is 0 Å². The van der Waals surface area contributed by atoms with Gasteiger partial charge in [-0.15, -0.1) is 0 Å². The van der Waals surface area contributed by atoms with Crippen molar-refractivity contribution >= 4 is 26.8 Å². The molecule has 0 amide bonds. The monoisotopic (exact) mass is 223 g/mol. The molecule has 60 valence electrons. The van der Waals surface area contributed by atoms with Crippen LogP contribution in [-0.2, 0) is 0 Å². The van der Waals surface area contributed by atoms with Crippen molar-refractivity contribution in [3.8, 4) is 0 Å². The van der Waals surface area contributed by atoms with Crippen molar-refractivity contribution in [1.29, 1.82) is 0 Å². The van der Waals surface area contributed by atoms with Gasteiger partial charge in [0.1, 0.15) is 0 Å². The molecule has 0 saturated heterocycles. The average Bonchev–Trinajstić information content (AvgIpc) is 2.04. The minimum absolute atomic E-state index is 0.695. The number of nitrogens with zero attached hydrogens (tertiary/aromatic N) is 1. The maximum absolute atomic E-state index is 11.2. The van der Waals surface area contributed by atoms with Gasteiger partial charge in [-0.2, -0.15) is 4.73 Å². The van der Waals surface area contributed by atoms with Gasteiger partial charge in [-0.3, -0.25) is 0 Å². The van der Waals surface area contributed by atoms with Crippen molar-refractivity contribution in [3.63, 3.8) is 0 Å². The number of hydrogen-bond acceptors (Lipinski definition) is 1. The van der Waals surface area contributed by atoms with Gasteiger partial charge >= 0.3 is 0 Å². The van der Waals surface area contributed by atoms with Crippen molar-refractivity contribution in [1.82, 2.24) is 0 Å². The smallest absolute Gasteiger partial charge is 0.223 e. The zero-order chi connectivity index (χ0) is 8.55. The average molecular weight is 224 g/mol. The molecular formula is C9H6BrNO. The lowest BCUT2D eigenvalue weighted by Gasteiger charge is -1.99. The Morgan fingerprint density at radius 2 is 2.08 bits per heavy atom. The first-order valence-electron chi connectivity index (χ1n) is 3.55. The van der Waals surface area contributed by atoms with E-state index in [1.165, 1.54) is 6.20 Å². The minimum Gasteiger partial charge on any atom is -0.618 e. The molecule has 0 fully saturated rings. The topological polar surface area (TPSA) is 26.9 Å². The predicted octanol–water partition coefficient (Wildman–Crippen LogP) is 2.24. The molecule has 1 aromatic heterocycles. The third kappa shape index (κ3) is 1.16. The lowest BCUT2D eigenvalue weighted by molar-refractivity contribution is -0.577. The van der Waals surface area contributed by atoms with Gasteiger partial charge in [0.2, 0.25) is 5.52 Å². The fourth-order valence-corrected chi connectivity index (χ4v) is 1.54. The fraction of sp³-hybridized carbons (Fsp3) is 0. The number of aromatic nitrogens is 1. The van der Waals surface area contributed by atoms with E-state index in [-0.39, 0.29) is 0 Å². The molecule has 2 nitrogen and oxygen atoms in total. The summed E-state index contributed by atoms with van der Waals surface area (Å²) < 4.78 is 1.85. The largest absolute Gasteiger partial charge is 0.618 e. The molecule has 0 aliphatic carbocycles. The number of hydrogen-bond donors (Lipinski definition) is 0. The van der Waals surface area contributed by atoms with Crippen molar-refractivity contribution < 1.29 is 4.73 Å². The number of benzene rings is 1. The molecule has 0 atom stereocenters. The van der Waals surface area contributed by atoms with Crippen molar-refractivity contribution in [2.75, 3.05) is 0 Å². The third-order valence-electron chi connectivity index (χ3n) is 1.72. The number of halogens is 1. The van der Waals surface area contributed by atoms with Crippen LogP contribution < -0.4 is 4.73 Å². The molecule has 1 aromatic carbocycles. The highest BCUT2D eigenvalue weighted by atomic mass is 79.9. The highest BCUT2D eigenvalue weighted by Gasteiger charge is 2.01. The van der Waals surface area contributed by atoms with E-state index in [1.54, 1.807) is 12.1 Å². The molecule has 0 saturated carbocycles. The Labute approximate surface area is 78.2 Å². The lowest BCUT2D eigenvalue weighted by Crippen LogP contribution is -2.25. The standard InChI is InChI=1S/C9H6BrNO/c10-8-3-4-9-7(6-8)2-1-5-11(9)12/h1-6H. The summed E-state index contributed by atoms with van der Waals surface area (Å²) in [5, 5.41) is 12.1. The zero-order valence-corrected chi connectivity index (χ0v) is 7.78. The summed E-state index contributed by atoms with van der Waals surface area (Å²) in [4.78, 5) is 0. The Morgan fingerprint density at radius 1 is 1.25 bits per heavy atom. The Morgan fingerprint density at radius 3 is 2.92 bits per heavy atom. The van der Waals surface area contributed by atoms with Crippen LogP contribution in [0.25, 0.3) is 10.9 Å². The quantitative estimate of drug-likeness (QED) is 0.498. The number of pyridine rings is 1. The summed E-state index contributed by atoms with van der Waals surface area (Å²) in [6.07, 6.45) is 1.50. The van der Waals surface area contributed by atoms with Gasteiger partial charge in [-0.05, 0) is 18.2 Å². The molecular weight excluding hydrogens is 218 g/mol. The number of fused-ring (bicyclic) bond motifs is 1. The number of rotatable bonds is 0. The fourth-order valence-electron chi connectivity index (χ4n) is 1.16. The maximum Gasteiger partial charge on any atom is 0.223 e. The second-order valence-corrected chi connectivity index (χ2v) is 3.45. The van der Waals surface area contributed by atoms with E-state index in [1.807, 2.05) is 18.2 Å². The van der Waals surface area contributed by atoms with E-state index < -0.39 is 0 Å². The highest BCUT2D eigenvalue weighted by Crippen LogP contribution is 2.16. The van der Waals surface area contributed by atoms with Crippen molar-refractivity contribution in [2.45, 2.75) is 0 Å². The predicted molar refractivity (Wildman–Crippen MR) is 50.6 cm³/mol. The zero-order valence-electron chi connectivity index (χ0n) is 6.20. The molecule has 0 unspecified atom stereocenters. The molecule has 2 aromatic rings. The molecule has 2 rings (SSSR count).